The number of nitrogens with zero attached hydrogens (tertiary/aromatic N) is 6. The lowest BCUT2D eigenvalue weighted by Gasteiger charge is -2.00. The molecule has 0 radical (unpaired) electrons. The predicted octanol–water partition coefficient (Wildman–Crippen LogP) is 1.81. The van der Waals surface area contributed by atoms with Gasteiger partial charge in [-0.1, -0.05) is 5.16 Å². The van der Waals surface area contributed by atoms with Crippen LogP contribution >= 0.6 is 0 Å². The van der Waals surface area contributed by atoms with Gasteiger partial charge >= 0.3 is 0 Å². The van der Waals surface area contributed by atoms with Gasteiger partial charge in [0.1, 0.15) is 5.65 Å². The molecule has 0 saturated carbocycles. The highest BCUT2D eigenvalue weighted by Gasteiger charge is 2.10. The van der Waals surface area contributed by atoms with E-state index in [4.69, 9.17) is 4.52 Å². The van der Waals surface area contributed by atoms with E-state index < -0.39 is 0 Å². The van der Waals surface area contributed by atoms with Crippen LogP contribution in [0, 0.1) is 11.8 Å². The molecule has 96 valence electrons. The second kappa shape index (κ2) is 4.16. The molecule has 0 bridgehead atoms. The Labute approximate surface area is 107 Å². The first-order chi connectivity index (χ1) is 9.17. The Bertz CT molecular complexity index is 747. The van der Waals surface area contributed by atoms with E-state index in [0.717, 1.165) is 10.6 Å². The summed E-state index contributed by atoms with van der Waals surface area (Å²) in [4.78, 5) is 18.9. The average Bonchev–Trinajstić information content (AvgIpc) is 3.02. The third-order valence-corrected chi connectivity index (χ3v) is 2.69. The van der Waals surface area contributed by atoms with Crippen LogP contribution in [0.2, 0.25) is 0 Å². The van der Waals surface area contributed by atoms with Crippen LogP contribution in [-0.4, -0.2) is 26.6 Å². The van der Waals surface area contributed by atoms with Crippen LogP contribution in [-0.2, 0) is 0 Å². The van der Waals surface area contributed by atoms with E-state index in [9.17, 15) is 4.91 Å². The Kier molecular flexibility index (Phi) is 2.48. The Balaban J connectivity index is 2.08. The van der Waals surface area contributed by atoms with Crippen molar-refractivity contribution >= 4 is 11.5 Å². The SMILES string of the molecule is Cc1nc(-c2ccn3cc(N(C)N=O)nc3c2)no1. The zero-order chi connectivity index (χ0) is 13.4. The molecule has 3 aromatic rings. The normalized spacial score (nSPS) is 10.8. The van der Waals surface area contributed by atoms with E-state index in [1.54, 1.807) is 17.5 Å². The third kappa shape index (κ3) is 1.92. The molecule has 8 heteroatoms. The molecular formula is C11H10N6O2. The smallest absolute Gasteiger partial charge is 0.223 e. The number of aromatic nitrogens is 4. The first-order valence-electron chi connectivity index (χ1n) is 5.54. The summed E-state index contributed by atoms with van der Waals surface area (Å²) >= 11 is 0. The Morgan fingerprint density at radius 1 is 1.42 bits per heavy atom. The minimum absolute atomic E-state index is 0.469. The van der Waals surface area contributed by atoms with Gasteiger partial charge in [-0.15, -0.1) is 4.91 Å². The van der Waals surface area contributed by atoms with E-state index in [-0.39, 0.29) is 0 Å². The van der Waals surface area contributed by atoms with Crippen LogP contribution in [0.1, 0.15) is 5.89 Å². The van der Waals surface area contributed by atoms with Crippen LogP contribution in [0.25, 0.3) is 17.0 Å². The average molecular weight is 258 g/mol. The number of imidazole rings is 1. The van der Waals surface area contributed by atoms with Gasteiger partial charge in [0.05, 0.1) is 11.5 Å². The Hall–Kier alpha value is -2.77. The van der Waals surface area contributed by atoms with Gasteiger partial charge in [-0.3, -0.25) is 0 Å². The van der Waals surface area contributed by atoms with Gasteiger partial charge in [-0.25, -0.2) is 9.99 Å². The van der Waals surface area contributed by atoms with Gasteiger partial charge < -0.3 is 8.92 Å². The quantitative estimate of drug-likeness (QED) is 0.525. The van der Waals surface area contributed by atoms with Crippen molar-refractivity contribution in [1.29, 1.82) is 0 Å². The first kappa shape index (κ1) is 11.3. The van der Waals surface area contributed by atoms with Gasteiger partial charge in [0.25, 0.3) is 0 Å². The molecule has 0 atom stereocenters. The van der Waals surface area contributed by atoms with Crippen molar-refractivity contribution in [2.24, 2.45) is 5.29 Å². The fourth-order valence-corrected chi connectivity index (χ4v) is 1.72. The number of pyridine rings is 1. The Morgan fingerprint density at radius 3 is 2.95 bits per heavy atom. The number of nitroso groups, excluding NO2 is 1. The zero-order valence-corrected chi connectivity index (χ0v) is 10.3. The largest absolute Gasteiger partial charge is 0.339 e. The van der Waals surface area contributed by atoms with Crippen LogP contribution in [0.3, 0.4) is 0 Å². The van der Waals surface area contributed by atoms with Crippen LogP contribution < -0.4 is 5.01 Å². The number of rotatable bonds is 3. The fourth-order valence-electron chi connectivity index (χ4n) is 1.72. The van der Waals surface area contributed by atoms with E-state index in [0.29, 0.717) is 23.2 Å². The van der Waals surface area contributed by atoms with Gasteiger partial charge in [0.15, 0.2) is 5.82 Å². The third-order valence-electron chi connectivity index (χ3n) is 2.69. The maximum Gasteiger partial charge on any atom is 0.223 e. The molecule has 3 heterocycles. The highest BCUT2D eigenvalue weighted by molar-refractivity contribution is 5.62. The van der Waals surface area contributed by atoms with E-state index >= 15 is 0 Å². The topological polar surface area (TPSA) is 88.9 Å². The van der Waals surface area contributed by atoms with Crippen molar-refractivity contribution in [1.82, 2.24) is 19.5 Å². The molecule has 0 spiro atoms. The minimum Gasteiger partial charge on any atom is -0.339 e. The lowest BCUT2D eigenvalue weighted by atomic mass is 10.2. The van der Waals surface area contributed by atoms with Crippen molar-refractivity contribution in [3.8, 4) is 11.4 Å². The van der Waals surface area contributed by atoms with Crippen molar-refractivity contribution in [2.75, 3.05) is 12.1 Å². The molecule has 19 heavy (non-hydrogen) atoms. The van der Waals surface area contributed by atoms with E-state index in [1.807, 2.05) is 18.3 Å². The summed E-state index contributed by atoms with van der Waals surface area (Å²) in [6.07, 6.45) is 3.52. The summed E-state index contributed by atoms with van der Waals surface area (Å²) in [5.41, 5.74) is 1.47. The summed E-state index contributed by atoms with van der Waals surface area (Å²) in [5.74, 6) is 1.48. The number of anilines is 1. The lowest BCUT2D eigenvalue weighted by molar-refractivity contribution is 0.394. The summed E-state index contributed by atoms with van der Waals surface area (Å²) in [6.45, 7) is 1.73. The van der Waals surface area contributed by atoms with E-state index in [2.05, 4.69) is 20.4 Å². The molecule has 8 nitrogen and oxygen atoms in total. The standard InChI is InChI=1S/C11H10N6O2/c1-7-12-11(14-19-7)8-3-4-17-6-10(16(2)15-18)13-9(17)5-8/h3-6H,1-2H3. The van der Waals surface area contributed by atoms with Gasteiger partial charge in [0, 0.05) is 25.7 Å². The van der Waals surface area contributed by atoms with Crippen molar-refractivity contribution in [2.45, 2.75) is 6.92 Å². The van der Waals surface area contributed by atoms with Crippen molar-refractivity contribution in [3.63, 3.8) is 0 Å². The highest BCUT2D eigenvalue weighted by Crippen LogP contribution is 2.20. The number of aryl methyl sites for hydroxylation is 1. The molecule has 0 aliphatic rings. The van der Waals surface area contributed by atoms with Gasteiger partial charge in [-0.2, -0.15) is 4.98 Å². The molecular weight excluding hydrogens is 248 g/mol. The molecule has 0 aromatic carbocycles. The van der Waals surface area contributed by atoms with Crippen LogP contribution in [0.5, 0.6) is 0 Å². The molecule has 0 fully saturated rings. The predicted molar refractivity (Wildman–Crippen MR) is 67.4 cm³/mol. The fraction of sp³-hybridized carbons (Fsp3) is 0.182. The number of hydrogen-bond acceptors (Lipinski definition) is 6. The summed E-state index contributed by atoms with van der Waals surface area (Å²) in [6, 6.07) is 3.66. The summed E-state index contributed by atoms with van der Waals surface area (Å²) in [7, 11) is 1.54. The van der Waals surface area contributed by atoms with Gasteiger partial charge in [0.2, 0.25) is 11.7 Å². The molecule has 0 aliphatic carbocycles. The highest BCUT2D eigenvalue weighted by atomic mass is 16.5. The lowest BCUT2D eigenvalue weighted by Crippen LogP contribution is -2.06. The molecule has 0 unspecified atom stereocenters. The molecule has 3 aromatic heterocycles. The molecule has 3 rings (SSSR count). The van der Waals surface area contributed by atoms with Crippen molar-refractivity contribution in [3.05, 3.63) is 35.3 Å². The maximum absolute atomic E-state index is 10.5. The van der Waals surface area contributed by atoms with Crippen molar-refractivity contribution < 1.29 is 4.52 Å². The van der Waals surface area contributed by atoms with E-state index in [1.165, 1.54) is 7.05 Å². The monoisotopic (exact) mass is 258 g/mol. The molecule has 0 saturated heterocycles. The summed E-state index contributed by atoms with van der Waals surface area (Å²) in [5, 5.41) is 7.81. The summed E-state index contributed by atoms with van der Waals surface area (Å²) < 4.78 is 6.72. The Morgan fingerprint density at radius 2 is 2.26 bits per heavy atom. The van der Waals surface area contributed by atoms with Gasteiger partial charge in [-0.05, 0) is 12.1 Å². The molecule has 0 N–H and O–H groups in total. The first-order valence-corrected chi connectivity index (χ1v) is 5.54. The van der Waals surface area contributed by atoms with Crippen LogP contribution in [0.4, 0.5) is 5.82 Å². The maximum atomic E-state index is 10.5. The number of fused-ring (bicyclic) bond motifs is 1. The number of hydrogen-bond donors (Lipinski definition) is 0. The van der Waals surface area contributed by atoms with Crippen LogP contribution in [0.15, 0.2) is 34.3 Å². The second-order valence-electron chi connectivity index (χ2n) is 4.02. The molecule has 0 amide bonds. The minimum atomic E-state index is 0.469. The zero-order valence-electron chi connectivity index (χ0n) is 10.3. The second-order valence-corrected chi connectivity index (χ2v) is 4.02. The molecule has 0 aliphatic heterocycles.